The first kappa shape index (κ1) is 12.1. The number of hydrogen-bond donors (Lipinski definition) is 0. The molecule has 2 aliphatic rings. The molecule has 0 unspecified atom stereocenters. The lowest BCUT2D eigenvalue weighted by atomic mass is 10.2. The highest BCUT2D eigenvalue weighted by atomic mass is 35.5. The minimum Gasteiger partial charge on any atom is -0.459 e. The molecule has 1 saturated heterocycles. The molecule has 88 valence electrons. The summed E-state index contributed by atoms with van der Waals surface area (Å²) in [7, 11) is 0. The number of nitrogens with zero attached hydrogens (tertiary/aromatic N) is 1. The first-order valence-electron chi connectivity index (χ1n) is 4.65. The number of amides is 1. The van der Waals surface area contributed by atoms with Crippen molar-refractivity contribution in [1.29, 1.82) is 0 Å². The van der Waals surface area contributed by atoms with Crippen molar-refractivity contribution in [3.8, 4) is 0 Å². The predicted octanol–water partition coefficient (Wildman–Crippen LogP) is 1.52. The minimum atomic E-state index is -1.16. The Morgan fingerprint density at radius 3 is 3.06 bits per heavy atom. The Kier molecular flexibility index (Phi) is 3.66. The number of hydrogen-bond acceptors (Lipinski definition) is 4. The SMILES string of the molecule is O=C(OCC1=CN2C(=O)C[C@H]2SC1)C(Cl)Cl. The summed E-state index contributed by atoms with van der Waals surface area (Å²) in [5.74, 6) is 0.205. The monoisotopic (exact) mass is 281 g/mol. The van der Waals surface area contributed by atoms with Gasteiger partial charge < -0.3 is 9.64 Å². The van der Waals surface area contributed by atoms with Crippen LogP contribution in [0.15, 0.2) is 11.8 Å². The van der Waals surface area contributed by atoms with Crippen LogP contribution in [0.25, 0.3) is 0 Å². The largest absolute Gasteiger partial charge is 0.459 e. The number of thioether (sulfide) groups is 1. The van der Waals surface area contributed by atoms with Crippen LogP contribution < -0.4 is 0 Å². The maximum atomic E-state index is 11.2. The van der Waals surface area contributed by atoms with E-state index in [-0.39, 0.29) is 17.9 Å². The number of carbonyl (C=O) groups is 2. The number of carbonyl (C=O) groups excluding carboxylic acids is 2. The first-order chi connectivity index (χ1) is 7.58. The summed E-state index contributed by atoms with van der Waals surface area (Å²) in [6, 6.07) is 0. The Balaban J connectivity index is 1.86. The van der Waals surface area contributed by atoms with E-state index in [1.54, 1.807) is 22.9 Å². The molecule has 0 bridgehead atoms. The van der Waals surface area contributed by atoms with Crippen molar-refractivity contribution >= 4 is 46.8 Å². The molecule has 1 amide bonds. The third kappa shape index (κ3) is 2.47. The maximum Gasteiger partial charge on any atom is 0.339 e. The zero-order chi connectivity index (χ0) is 11.7. The first-order valence-corrected chi connectivity index (χ1v) is 6.57. The van der Waals surface area contributed by atoms with Crippen molar-refractivity contribution in [1.82, 2.24) is 4.90 Å². The molecule has 7 heteroatoms. The Bertz CT molecular complexity index is 359. The molecule has 1 atom stereocenters. The molecule has 4 nitrogen and oxygen atoms in total. The second-order valence-electron chi connectivity index (χ2n) is 3.47. The average Bonchev–Trinajstić information content (AvgIpc) is 2.25. The third-order valence-electron chi connectivity index (χ3n) is 2.31. The lowest BCUT2D eigenvalue weighted by Gasteiger charge is -2.40. The fourth-order valence-corrected chi connectivity index (χ4v) is 2.73. The molecule has 16 heavy (non-hydrogen) atoms. The van der Waals surface area contributed by atoms with Crippen molar-refractivity contribution in [2.45, 2.75) is 16.6 Å². The van der Waals surface area contributed by atoms with Gasteiger partial charge in [-0.05, 0) is 5.57 Å². The standard InChI is InChI=1S/C9H9Cl2NO3S/c10-8(11)9(14)15-3-5-2-12-6(13)1-7(12)16-4-5/h2,7-8H,1,3-4H2/t7-/m1/s1. The molecule has 0 radical (unpaired) electrons. The van der Waals surface area contributed by atoms with Crippen LogP contribution in [0.5, 0.6) is 0 Å². The summed E-state index contributed by atoms with van der Waals surface area (Å²) in [4.78, 5) is 22.7. The number of fused-ring (bicyclic) bond motifs is 1. The molecule has 2 heterocycles. The average molecular weight is 282 g/mol. The Morgan fingerprint density at radius 1 is 1.69 bits per heavy atom. The summed E-state index contributed by atoms with van der Waals surface area (Å²) in [5, 5.41) is 0.265. The van der Waals surface area contributed by atoms with Gasteiger partial charge >= 0.3 is 5.97 Å². The number of ether oxygens (including phenoxy) is 1. The molecule has 0 aromatic rings. The van der Waals surface area contributed by atoms with Crippen LogP contribution in [0.4, 0.5) is 0 Å². The van der Waals surface area contributed by atoms with E-state index < -0.39 is 10.8 Å². The van der Waals surface area contributed by atoms with Crippen LogP contribution in [-0.4, -0.2) is 39.3 Å². The highest BCUT2D eigenvalue weighted by Gasteiger charge is 2.37. The van der Waals surface area contributed by atoms with E-state index >= 15 is 0 Å². The van der Waals surface area contributed by atoms with Gasteiger partial charge in [0.25, 0.3) is 0 Å². The van der Waals surface area contributed by atoms with Crippen molar-refractivity contribution < 1.29 is 14.3 Å². The van der Waals surface area contributed by atoms with Gasteiger partial charge in [0.1, 0.15) is 6.61 Å². The Morgan fingerprint density at radius 2 is 2.44 bits per heavy atom. The summed E-state index contributed by atoms with van der Waals surface area (Å²) < 4.78 is 4.86. The van der Waals surface area contributed by atoms with Crippen LogP contribution in [0.2, 0.25) is 0 Å². The number of halogens is 2. The molecule has 2 rings (SSSR count). The number of β-lactam (4-membered cyclic amide) rings is 1. The van der Waals surface area contributed by atoms with Gasteiger partial charge in [0.15, 0.2) is 0 Å². The van der Waals surface area contributed by atoms with E-state index in [0.29, 0.717) is 6.42 Å². The second kappa shape index (κ2) is 4.85. The van der Waals surface area contributed by atoms with Gasteiger partial charge in [0.2, 0.25) is 10.7 Å². The highest BCUT2D eigenvalue weighted by molar-refractivity contribution is 8.00. The third-order valence-corrected chi connectivity index (χ3v) is 3.98. The summed E-state index contributed by atoms with van der Waals surface area (Å²) in [6.45, 7) is 0.137. The molecular weight excluding hydrogens is 273 g/mol. The van der Waals surface area contributed by atoms with E-state index in [9.17, 15) is 9.59 Å². The van der Waals surface area contributed by atoms with Gasteiger partial charge in [-0.2, -0.15) is 0 Å². The quantitative estimate of drug-likeness (QED) is 0.447. The topological polar surface area (TPSA) is 46.6 Å². The molecule has 0 spiro atoms. The Labute approximate surface area is 107 Å². The van der Waals surface area contributed by atoms with Gasteiger partial charge in [-0.25, -0.2) is 4.79 Å². The highest BCUT2D eigenvalue weighted by Crippen LogP contribution is 2.35. The molecule has 1 fully saturated rings. The second-order valence-corrected chi connectivity index (χ2v) is 5.73. The smallest absolute Gasteiger partial charge is 0.339 e. The van der Waals surface area contributed by atoms with Crippen molar-refractivity contribution in [3.63, 3.8) is 0 Å². The van der Waals surface area contributed by atoms with Gasteiger partial charge in [-0.1, -0.05) is 23.2 Å². The summed E-state index contributed by atoms with van der Waals surface area (Å²) in [5.41, 5.74) is 0.886. The summed E-state index contributed by atoms with van der Waals surface area (Å²) >= 11 is 12.3. The molecule has 2 aliphatic heterocycles. The van der Waals surface area contributed by atoms with E-state index in [1.807, 2.05) is 0 Å². The van der Waals surface area contributed by atoms with E-state index in [2.05, 4.69) is 0 Å². The van der Waals surface area contributed by atoms with Gasteiger partial charge in [-0.3, -0.25) is 4.79 Å². The Hall–Kier alpha value is -0.390. The van der Waals surface area contributed by atoms with E-state index in [4.69, 9.17) is 27.9 Å². The number of esters is 1. The van der Waals surface area contributed by atoms with Crippen molar-refractivity contribution in [2.75, 3.05) is 12.4 Å². The van der Waals surface area contributed by atoms with E-state index in [1.165, 1.54) is 0 Å². The molecule has 0 aromatic heterocycles. The number of rotatable bonds is 3. The van der Waals surface area contributed by atoms with Crippen LogP contribution >= 0.6 is 35.0 Å². The van der Waals surface area contributed by atoms with Crippen LogP contribution in [0.1, 0.15) is 6.42 Å². The fourth-order valence-electron chi connectivity index (χ4n) is 1.44. The minimum absolute atomic E-state index is 0.105. The van der Waals surface area contributed by atoms with Gasteiger partial charge in [0, 0.05) is 12.0 Å². The fraction of sp³-hybridized carbons (Fsp3) is 0.556. The van der Waals surface area contributed by atoms with Crippen LogP contribution in [-0.2, 0) is 14.3 Å². The zero-order valence-corrected chi connectivity index (χ0v) is 10.5. The van der Waals surface area contributed by atoms with Gasteiger partial charge in [0.05, 0.1) is 11.8 Å². The molecule has 0 N–H and O–H groups in total. The molecule has 0 aliphatic carbocycles. The van der Waals surface area contributed by atoms with Crippen molar-refractivity contribution in [2.24, 2.45) is 0 Å². The van der Waals surface area contributed by atoms with Gasteiger partial charge in [-0.15, -0.1) is 11.8 Å². The predicted molar refractivity (Wildman–Crippen MR) is 62.2 cm³/mol. The number of alkyl halides is 2. The normalized spacial score (nSPS) is 23.7. The zero-order valence-electron chi connectivity index (χ0n) is 8.19. The summed E-state index contributed by atoms with van der Waals surface area (Å²) in [6.07, 6.45) is 2.34. The molecule has 0 aromatic carbocycles. The molecular formula is C9H9Cl2NO3S. The van der Waals surface area contributed by atoms with E-state index in [0.717, 1.165) is 11.3 Å². The van der Waals surface area contributed by atoms with Crippen LogP contribution in [0.3, 0.4) is 0 Å². The van der Waals surface area contributed by atoms with Crippen LogP contribution in [0, 0.1) is 0 Å². The lowest BCUT2D eigenvalue weighted by Crippen LogP contribution is -2.49. The van der Waals surface area contributed by atoms with Crippen molar-refractivity contribution in [3.05, 3.63) is 11.8 Å². The lowest BCUT2D eigenvalue weighted by molar-refractivity contribution is -0.140. The molecule has 0 saturated carbocycles. The maximum absolute atomic E-state index is 11.2.